The third-order valence-corrected chi connectivity index (χ3v) is 0.903. The summed E-state index contributed by atoms with van der Waals surface area (Å²) in [5.74, 6) is 0.360. The molecule has 0 aromatic heterocycles. The van der Waals surface area contributed by atoms with Crippen LogP contribution in [0.3, 0.4) is 0 Å². The maximum absolute atomic E-state index is 8.20. The molecule has 2 N–H and O–H groups in total. The third-order valence-electron chi connectivity index (χ3n) is 0.523. The van der Waals surface area contributed by atoms with E-state index in [0.29, 0.717) is 12.5 Å². The highest BCUT2D eigenvalue weighted by Gasteiger charge is 1.99. The number of hydrogen-bond acceptors (Lipinski definition) is 3. The van der Waals surface area contributed by atoms with Gasteiger partial charge in [-0.3, -0.25) is 0 Å². The fourth-order valence-corrected chi connectivity index (χ4v) is 0.647. The Bertz CT molecular complexity index is 47.2. The first-order chi connectivity index (χ1) is 3.63. The van der Waals surface area contributed by atoms with E-state index in [9.17, 15) is 0 Å². The molecule has 0 aromatic rings. The summed E-state index contributed by atoms with van der Waals surface area (Å²) in [7, 11) is -2.13. The van der Waals surface area contributed by atoms with E-state index < -0.39 is 8.60 Å². The SMILES string of the molecule is CC(C)COP(O)O. The van der Waals surface area contributed by atoms with Crippen LogP contribution in [0.15, 0.2) is 0 Å². The smallest absolute Gasteiger partial charge is 0.327 e. The first-order valence-corrected chi connectivity index (χ1v) is 3.60. The van der Waals surface area contributed by atoms with E-state index in [-0.39, 0.29) is 0 Å². The van der Waals surface area contributed by atoms with Crippen molar-refractivity contribution in [3.8, 4) is 0 Å². The van der Waals surface area contributed by atoms with Crippen molar-refractivity contribution in [1.29, 1.82) is 0 Å². The second kappa shape index (κ2) is 4.21. The summed E-state index contributed by atoms with van der Waals surface area (Å²) in [5.41, 5.74) is 0. The molecule has 0 aromatic carbocycles. The molecular weight excluding hydrogens is 127 g/mol. The van der Waals surface area contributed by atoms with Crippen molar-refractivity contribution >= 4 is 8.60 Å². The summed E-state index contributed by atoms with van der Waals surface area (Å²) in [6.45, 7) is 4.30. The summed E-state index contributed by atoms with van der Waals surface area (Å²) in [6.07, 6.45) is 0. The lowest BCUT2D eigenvalue weighted by atomic mass is 10.2. The van der Waals surface area contributed by atoms with Crippen molar-refractivity contribution in [2.75, 3.05) is 6.61 Å². The van der Waals surface area contributed by atoms with Gasteiger partial charge in [-0.25, -0.2) is 0 Å². The Labute approximate surface area is 50.3 Å². The van der Waals surface area contributed by atoms with E-state index in [4.69, 9.17) is 9.79 Å². The van der Waals surface area contributed by atoms with Crippen LogP contribution in [0.1, 0.15) is 13.8 Å². The van der Waals surface area contributed by atoms with E-state index in [1.807, 2.05) is 13.8 Å². The van der Waals surface area contributed by atoms with Crippen LogP contribution in [0.25, 0.3) is 0 Å². The van der Waals surface area contributed by atoms with Crippen LogP contribution < -0.4 is 0 Å². The summed E-state index contributed by atoms with van der Waals surface area (Å²) >= 11 is 0. The lowest BCUT2D eigenvalue weighted by molar-refractivity contribution is 0.226. The highest BCUT2D eigenvalue weighted by molar-refractivity contribution is 7.39. The fraction of sp³-hybridized carbons (Fsp3) is 1.00. The van der Waals surface area contributed by atoms with Gasteiger partial charge in [-0.15, -0.1) is 0 Å². The van der Waals surface area contributed by atoms with Gasteiger partial charge in [0.15, 0.2) is 0 Å². The molecule has 0 fully saturated rings. The van der Waals surface area contributed by atoms with Crippen molar-refractivity contribution in [2.45, 2.75) is 13.8 Å². The predicted octanol–water partition coefficient (Wildman–Crippen LogP) is 0.870. The van der Waals surface area contributed by atoms with Gasteiger partial charge < -0.3 is 14.3 Å². The minimum absolute atomic E-state index is 0.360. The zero-order chi connectivity index (χ0) is 6.57. The molecule has 0 amide bonds. The molecular formula is C4H11O3P. The summed E-state index contributed by atoms with van der Waals surface area (Å²) in [5, 5.41) is 0. The largest absolute Gasteiger partial charge is 0.328 e. The van der Waals surface area contributed by atoms with E-state index in [0.717, 1.165) is 0 Å². The predicted molar refractivity (Wildman–Crippen MR) is 32.1 cm³/mol. The molecule has 3 nitrogen and oxygen atoms in total. The maximum Gasteiger partial charge on any atom is 0.327 e. The van der Waals surface area contributed by atoms with Gasteiger partial charge in [-0.2, -0.15) is 0 Å². The molecule has 0 radical (unpaired) electrons. The van der Waals surface area contributed by atoms with Crippen LogP contribution in [0.5, 0.6) is 0 Å². The molecule has 8 heavy (non-hydrogen) atoms. The summed E-state index contributed by atoms with van der Waals surface area (Å²) in [6, 6.07) is 0. The molecule has 0 heterocycles. The Morgan fingerprint density at radius 1 is 1.50 bits per heavy atom. The van der Waals surface area contributed by atoms with Gasteiger partial charge in [0, 0.05) is 0 Å². The van der Waals surface area contributed by atoms with Gasteiger partial charge in [-0.05, 0) is 5.92 Å². The molecule has 0 rings (SSSR count). The Hall–Kier alpha value is 0.310. The molecule has 0 aliphatic carbocycles. The molecule has 0 saturated heterocycles. The Morgan fingerprint density at radius 2 is 2.00 bits per heavy atom. The first kappa shape index (κ1) is 8.31. The summed E-state index contributed by atoms with van der Waals surface area (Å²) < 4.78 is 4.48. The number of hydrogen-bond donors (Lipinski definition) is 2. The third kappa shape index (κ3) is 6.31. The van der Waals surface area contributed by atoms with Gasteiger partial charge >= 0.3 is 8.60 Å². The Kier molecular flexibility index (Phi) is 4.38. The van der Waals surface area contributed by atoms with Crippen LogP contribution in [-0.2, 0) is 4.52 Å². The molecule has 4 heteroatoms. The lowest BCUT2D eigenvalue weighted by Gasteiger charge is -2.04. The second-order valence-corrected chi connectivity index (χ2v) is 2.71. The molecule has 0 unspecified atom stereocenters. The topological polar surface area (TPSA) is 49.7 Å². The van der Waals surface area contributed by atoms with Crippen molar-refractivity contribution in [2.24, 2.45) is 5.92 Å². The quantitative estimate of drug-likeness (QED) is 0.569. The zero-order valence-electron chi connectivity index (χ0n) is 5.03. The van der Waals surface area contributed by atoms with E-state index >= 15 is 0 Å². The minimum atomic E-state index is -2.13. The average molecular weight is 138 g/mol. The normalized spacial score (nSPS) is 11.2. The highest BCUT2D eigenvalue weighted by Crippen LogP contribution is 2.24. The molecule has 0 aliphatic heterocycles. The maximum atomic E-state index is 8.20. The van der Waals surface area contributed by atoms with Crippen molar-refractivity contribution in [1.82, 2.24) is 0 Å². The van der Waals surface area contributed by atoms with Gasteiger partial charge in [0.1, 0.15) is 0 Å². The van der Waals surface area contributed by atoms with Gasteiger partial charge in [-0.1, -0.05) is 13.8 Å². The summed E-state index contributed by atoms with van der Waals surface area (Å²) in [4.78, 5) is 16.4. The van der Waals surface area contributed by atoms with Crippen LogP contribution in [0.4, 0.5) is 0 Å². The molecule has 0 saturated carbocycles. The van der Waals surface area contributed by atoms with Crippen LogP contribution in [-0.4, -0.2) is 16.4 Å². The molecule has 0 bridgehead atoms. The fourth-order valence-electron chi connectivity index (χ4n) is 0.216. The van der Waals surface area contributed by atoms with Crippen molar-refractivity contribution in [3.63, 3.8) is 0 Å². The first-order valence-electron chi connectivity index (χ1n) is 2.43. The van der Waals surface area contributed by atoms with Crippen LogP contribution in [0, 0.1) is 5.92 Å². The molecule has 0 aliphatic rings. The molecule has 0 atom stereocenters. The van der Waals surface area contributed by atoms with Gasteiger partial charge in [0.2, 0.25) is 0 Å². The van der Waals surface area contributed by atoms with Crippen molar-refractivity contribution in [3.05, 3.63) is 0 Å². The second-order valence-electron chi connectivity index (χ2n) is 1.94. The zero-order valence-corrected chi connectivity index (χ0v) is 5.93. The monoisotopic (exact) mass is 138 g/mol. The van der Waals surface area contributed by atoms with Crippen molar-refractivity contribution < 1.29 is 14.3 Å². The van der Waals surface area contributed by atoms with E-state index in [2.05, 4.69) is 4.52 Å². The van der Waals surface area contributed by atoms with Crippen LogP contribution >= 0.6 is 8.60 Å². The van der Waals surface area contributed by atoms with Crippen LogP contribution in [0.2, 0.25) is 0 Å². The van der Waals surface area contributed by atoms with Gasteiger partial charge in [0.25, 0.3) is 0 Å². The van der Waals surface area contributed by atoms with E-state index in [1.165, 1.54) is 0 Å². The standard InChI is InChI=1S/C4H11O3P/c1-4(2)3-7-8(5)6/h4-6H,3H2,1-2H3. The van der Waals surface area contributed by atoms with Gasteiger partial charge in [0.05, 0.1) is 6.61 Å². The Balaban J connectivity index is 2.93. The average Bonchev–Trinajstić information content (AvgIpc) is 1.61. The minimum Gasteiger partial charge on any atom is -0.328 e. The Morgan fingerprint density at radius 3 is 2.12 bits per heavy atom. The number of rotatable bonds is 3. The molecule has 0 spiro atoms. The van der Waals surface area contributed by atoms with E-state index in [1.54, 1.807) is 0 Å². The molecule has 50 valence electrons. The highest BCUT2D eigenvalue weighted by atomic mass is 31.2. The lowest BCUT2D eigenvalue weighted by Crippen LogP contribution is -1.96.